The van der Waals surface area contributed by atoms with Crippen molar-refractivity contribution in [2.75, 3.05) is 0 Å². The van der Waals surface area contributed by atoms with E-state index in [1.807, 2.05) is 13.8 Å². The van der Waals surface area contributed by atoms with Gasteiger partial charge in [0, 0.05) is 0 Å². The molecular weight excluding hydrogens is 239 g/mol. The summed E-state index contributed by atoms with van der Waals surface area (Å²) in [6, 6.07) is 0. The summed E-state index contributed by atoms with van der Waals surface area (Å²) in [5.74, 6) is 0.504. The number of phenolic OH excluding ortho intramolecular Hbond substituents is 1. The zero-order valence-electron chi connectivity index (χ0n) is 9.36. The van der Waals surface area contributed by atoms with Crippen molar-refractivity contribution >= 4 is 19.4 Å². The first-order chi connectivity index (χ1) is 6.36. The van der Waals surface area contributed by atoms with Gasteiger partial charge < -0.3 is 0 Å². The maximum atomic E-state index is 9.97. The summed E-state index contributed by atoms with van der Waals surface area (Å²) < 4.78 is 1.85. The molecule has 14 heavy (non-hydrogen) atoms. The number of rotatable bonds is 0. The van der Waals surface area contributed by atoms with Crippen LogP contribution in [0.3, 0.4) is 0 Å². The van der Waals surface area contributed by atoms with E-state index in [0.717, 1.165) is 11.1 Å². The van der Waals surface area contributed by atoms with E-state index in [-0.39, 0.29) is 0 Å². The summed E-state index contributed by atoms with van der Waals surface area (Å²) in [4.78, 5) is 0. The Morgan fingerprint density at radius 1 is 1.00 bits per heavy atom. The predicted octanol–water partition coefficient (Wildman–Crippen LogP) is 1.90. The van der Waals surface area contributed by atoms with E-state index < -0.39 is 0 Å². The third kappa shape index (κ3) is 1.07. The molecule has 1 nitrogen and oxygen atoms in total. The average molecular weight is 255 g/mol. The topological polar surface area (TPSA) is 20.2 Å². The van der Waals surface area contributed by atoms with E-state index in [9.17, 15) is 5.11 Å². The van der Waals surface area contributed by atoms with Gasteiger partial charge in [0.1, 0.15) is 0 Å². The second-order valence-corrected chi connectivity index (χ2v) is 7.97. The molecule has 76 valence electrons. The first kappa shape index (κ1) is 10.1. The number of fused-ring (bicyclic) bond motifs is 1. The van der Waals surface area contributed by atoms with Gasteiger partial charge in [0.2, 0.25) is 0 Å². The molecule has 0 aromatic heterocycles. The standard InChI is InChI=1S/C12H16OSe/c1-6-7(2)11-9(8(3)10(6)13)12(4,5)14-11/h13H,1-5H3. The summed E-state index contributed by atoms with van der Waals surface area (Å²) in [6.07, 6.45) is 0. The molecule has 0 fully saturated rings. The van der Waals surface area contributed by atoms with E-state index in [2.05, 4.69) is 20.8 Å². The Hall–Kier alpha value is -0.461. The Morgan fingerprint density at radius 2 is 1.57 bits per heavy atom. The molecule has 0 saturated heterocycles. The molecule has 0 amide bonds. The van der Waals surface area contributed by atoms with Gasteiger partial charge in [-0.3, -0.25) is 0 Å². The third-order valence-electron chi connectivity index (χ3n) is 3.17. The molecule has 0 aliphatic carbocycles. The Bertz CT molecular complexity index is 396. The van der Waals surface area contributed by atoms with Crippen LogP contribution in [0, 0.1) is 20.8 Å². The molecule has 0 atom stereocenters. The number of benzene rings is 1. The third-order valence-corrected chi connectivity index (χ3v) is 6.17. The van der Waals surface area contributed by atoms with Crippen molar-refractivity contribution in [1.29, 1.82) is 0 Å². The number of hydrogen-bond acceptors (Lipinski definition) is 1. The summed E-state index contributed by atoms with van der Waals surface area (Å²) in [5, 5.41) is 9.97. The summed E-state index contributed by atoms with van der Waals surface area (Å²) >= 11 is 0.579. The zero-order chi connectivity index (χ0) is 10.7. The fraction of sp³-hybridized carbons (Fsp3) is 0.500. The normalized spacial score (nSPS) is 17.5. The molecule has 1 aromatic rings. The number of phenols is 1. The van der Waals surface area contributed by atoms with E-state index in [4.69, 9.17) is 0 Å². The molecule has 0 spiro atoms. The average Bonchev–Trinajstić information content (AvgIpc) is 2.09. The Labute approximate surface area is 91.7 Å². The van der Waals surface area contributed by atoms with Crippen LogP contribution in [-0.4, -0.2) is 20.1 Å². The molecule has 1 N–H and O–H groups in total. The predicted molar refractivity (Wildman–Crippen MR) is 60.7 cm³/mol. The summed E-state index contributed by atoms with van der Waals surface area (Å²) in [7, 11) is 0. The number of aromatic hydroxyl groups is 1. The van der Waals surface area contributed by atoms with Crippen molar-refractivity contribution in [3.05, 3.63) is 22.3 Å². The van der Waals surface area contributed by atoms with Crippen molar-refractivity contribution < 1.29 is 5.11 Å². The van der Waals surface area contributed by atoms with Gasteiger partial charge in [-0.25, -0.2) is 0 Å². The molecule has 0 saturated carbocycles. The maximum absolute atomic E-state index is 9.97. The fourth-order valence-corrected chi connectivity index (χ4v) is 5.43. The molecule has 1 aliphatic heterocycles. The van der Waals surface area contributed by atoms with Gasteiger partial charge >= 0.3 is 91.5 Å². The molecular formula is C12H16OSe. The monoisotopic (exact) mass is 256 g/mol. The molecule has 2 rings (SSSR count). The van der Waals surface area contributed by atoms with Gasteiger partial charge in [0.05, 0.1) is 0 Å². The molecule has 0 unspecified atom stereocenters. The van der Waals surface area contributed by atoms with Crippen molar-refractivity contribution in [1.82, 2.24) is 0 Å². The Morgan fingerprint density at radius 3 is 2.07 bits per heavy atom. The second-order valence-electron chi connectivity index (χ2n) is 4.54. The Kier molecular flexibility index (Phi) is 1.99. The zero-order valence-corrected chi connectivity index (χ0v) is 11.1. The van der Waals surface area contributed by atoms with E-state index in [1.165, 1.54) is 15.6 Å². The number of hydrogen-bond donors (Lipinski definition) is 1. The molecule has 1 aromatic carbocycles. The van der Waals surface area contributed by atoms with Crippen LogP contribution < -0.4 is 4.46 Å². The Balaban J connectivity index is 2.77. The van der Waals surface area contributed by atoms with Crippen LogP contribution in [0.25, 0.3) is 0 Å². The first-order valence-corrected chi connectivity index (χ1v) is 6.59. The molecule has 0 radical (unpaired) electrons. The van der Waals surface area contributed by atoms with Crippen LogP contribution in [-0.2, 0) is 4.31 Å². The van der Waals surface area contributed by atoms with Gasteiger partial charge in [-0.1, -0.05) is 0 Å². The van der Waals surface area contributed by atoms with Crippen LogP contribution in [0.2, 0.25) is 0 Å². The SMILES string of the molecule is Cc1c(C)c2c(c(C)c1O)C(C)(C)[Se]2. The van der Waals surface area contributed by atoms with Crippen LogP contribution in [0.5, 0.6) is 5.75 Å². The van der Waals surface area contributed by atoms with Gasteiger partial charge in [0.15, 0.2) is 0 Å². The van der Waals surface area contributed by atoms with Gasteiger partial charge in [0.25, 0.3) is 0 Å². The molecule has 1 heterocycles. The van der Waals surface area contributed by atoms with E-state index in [0.29, 0.717) is 25.0 Å². The molecule has 0 bridgehead atoms. The van der Waals surface area contributed by atoms with Crippen LogP contribution in [0.15, 0.2) is 0 Å². The summed E-state index contributed by atoms with van der Waals surface area (Å²) in [5.41, 5.74) is 4.88. The first-order valence-electron chi connectivity index (χ1n) is 4.88. The summed E-state index contributed by atoms with van der Waals surface area (Å²) in [6.45, 7) is 10.7. The van der Waals surface area contributed by atoms with Gasteiger partial charge in [-0.05, 0) is 0 Å². The fourth-order valence-electron chi connectivity index (χ4n) is 2.22. The minimum absolute atomic E-state index is 0.322. The van der Waals surface area contributed by atoms with Gasteiger partial charge in [-0.15, -0.1) is 0 Å². The van der Waals surface area contributed by atoms with Crippen LogP contribution in [0.4, 0.5) is 0 Å². The van der Waals surface area contributed by atoms with Crippen LogP contribution >= 0.6 is 0 Å². The van der Waals surface area contributed by atoms with E-state index in [1.54, 1.807) is 0 Å². The van der Waals surface area contributed by atoms with E-state index >= 15 is 0 Å². The van der Waals surface area contributed by atoms with Gasteiger partial charge in [-0.2, -0.15) is 0 Å². The molecule has 2 heteroatoms. The second kappa shape index (κ2) is 2.77. The van der Waals surface area contributed by atoms with Crippen molar-refractivity contribution in [3.63, 3.8) is 0 Å². The minimum atomic E-state index is 0.322. The van der Waals surface area contributed by atoms with Crippen molar-refractivity contribution in [2.45, 2.75) is 38.9 Å². The van der Waals surface area contributed by atoms with Crippen molar-refractivity contribution in [3.8, 4) is 5.75 Å². The van der Waals surface area contributed by atoms with Crippen LogP contribution in [0.1, 0.15) is 36.1 Å². The quantitative estimate of drug-likeness (QED) is 0.702. The molecule has 1 aliphatic rings. The van der Waals surface area contributed by atoms with Crippen molar-refractivity contribution in [2.24, 2.45) is 0 Å².